The van der Waals surface area contributed by atoms with Crippen LogP contribution in [-0.2, 0) is 6.54 Å². The molecule has 0 unspecified atom stereocenters. The highest BCUT2D eigenvalue weighted by Crippen LogP contribution is 2.19. The molecule has 0 saturated carbocycles. The summed E-state index contributed by atoms with van der Waals surface area (Å²) in [5, 5.41) is 3.19. The molecule has 0 atom stereocenters. The van der Waals surface area contributed by atoms with Crippen LogP contribution in [0.5, 0.6) is 5.75 Å². The zero-order chi connectivity index (χ0) is 12.5. The summed E-state index contributed by atoms with van der Waals surface area (Å²) in [5.74, 6) is 2.60. The summed E-state index contributed by atoms with van der Waals surface area (Å²) in [7, 11) is 1.47. The second-order valence-electron chi connectivity index (χ2n) is 3.77. The first-order valence-electron chi connectivity index (χ1n) is 5.75. The predicted molar refractivity (Wildman–Crippen MR) is 67.3 cm³/mol. The number of ether oxygens (including phenoxy) is 1. The number of halogens is 1. The molecule has 0 aliphatic carbocycles. The van der Waals surface area contributed by atoms with E-state index in [2.05, 4.69) is 11.2 Å². The van der Waals surface area contributed by atoms with E-state index in [0.29, 0.717) is 12.1 Å². The summed E-state index contributed by atoms with van der Waals surface area (Å²) in [6.45, 7) is 1.36. The Morgan fingerprint density at radius 1 is 1.41 bits per heavy atom. The third-order valence-electron chi connectivity index (χ3n) is 2.50. The molecule has 2 nitrogen and oxygen atoms in total. The van der Waals surface area contributed by atoms with Crippen LogP contribution in [0.3, 0.4) is 0 Å². The molecule has 17 heavy (non-hydrogen) atoms. The Labute approximate surface area is 102 Å². The number of unbranched alkanes of at least 4 members (excludes halogenated alkanes) is 2. The van der Waals surface area contributed by atoms with E-state index in [1.54, 1.807) is 18.2 Å². The molecule has 0 amide bonds. The van der Waals surface area contributed by atoms with Gasteiger partial charge in [-0.2, -0.15) is 0 Å². The van der Waals surface area contributed by atoms with E-state index in [-0.39, 0.29) is 11.6 Å². The molecular formula is C14H18FNO. The lowest BCUT2D eigenvalue weighted by atomic mass is 10.2. The van der Waals surface area contributed by atoms with Crippen LogP contribution in [-0.4, -0.2) is 13.7 Å². The number of hydrogen-bond donors (Lipinski definition) is 1. The van der Waals surface area contributed by atoms with Gasteiger partial charge in [0, 0.05) is 18.5 Å². The summed E-state index contributed by atoms with van der Waals surface area (Å²) in [6, 6.07) is 5.16. The van der Waals surface area contributed by atoms with Crippen molar-refractivity contribution in [2.45, 2.75) is 25.8 Å². The molecule has 3 heteroatoms. The smallest absolute Gasteiger partial charge is 0.169 e. The summed E-state index contributed by atoms with van der Waals surface area (Å²) in [5.41, 5.74) is 0.626. The van der Waals surface area contributed by atoms with Gasteiger partial charge in [-0.25, -0.2) is 4.39 Å². The minimum Gasteiger partial charge on any atom is -0.494 e. The van der Waals surface area contributed by atoms with Gasteiger partial charge in [-0.1, -0.05) is 12.1 Å². The van der Waals surface area contributed by atoms with Gasteiger partial charge in [0.1, 0.15) is 0 Å². The topological polar surface area (TPSA) is 21.3 Å². The van der Waals surface area contributed by atoms with Crippen LogP contribution in [0.25, 0.3) is 0 Å². The van der Waals surface area contributed by atoms with E-state index in [0.717, 1.165) is 25.8 Å². The van der Waals surface area contributed by atoms with Gasteiger partial charge in [0.15, 0.2) is 11.6 Å². The van der Waals surface area contributed by atoms with Crippen molar-refractivity contribution < 1.29 is 9.13 Å². The molecule has 0 fully saturated rings. The zero-order valence-electron chi connectivity index (χ0n) is 10.1. The first kappa shape index (κ1) is 13.5. The van der Waals surface area contributed by atoms with Crippen LogP contribution in [0, 0.1) is 18.2 Å². The molecule has 0 radical (unpaired) electrons. The third kappa shape index (κ3) is 4.46. The van der Waals surface area contributed by atoms with Crippen LogP contribution in [0.4, 0.5) is 4.39 Å². The van der Waals surface area contributed by atoms with E-state index in [1.165, 1.54) is 7.11 Å². The molecule has 1 N–H and O–H groups in total. The maximum Gasteiger partial charge on any atom is 0.169 e. The van der Waals surface area contributed by atoms with E-state index in [1.807, 2.05) is 0 Å². The molecular weight excluding hydrogens is 217 g/mol. The lowest BCUT2D eigenvalue weighted by Gasteiger charge is -2.08. The van der Waals surface area contributed by atoms with Gasteiger partial charge in [-0.3, -0.25) is 0 Å². The fourth-order valence-electron chi connectivity index (χ4n) is 1.55. The van der Waals surface area contributed by atoms with Gasteiger partial charge in [0.25, 0.3) is 0 Å². The van der Waals surface area contributed by atoms with Crippen LogP contribution in [0.15, 0.2) is 18.2 Å². The monoisotopic (exact) mass is 235 g/mol. The SMILES string of the molecule is C#CCCCCNCc1cccc(OC)c1F. The number of benzene rings is 1. The number of nitrogens with one attached hydrogen (secondary N) is 1. The Bertz CT molecular complexity index is 384. The van der Waals surface area contributed by atoms with E-state index < -0.39 is 0 Å². The predicted octanol–water partition coefficient (Wildman–Crippen LogP) is 2.73. The molecule has 0 spiro atoms. The molecule has 0 saturated heterocycles. The van der Waals surface area contributed by atoms with Crippen molar-refractivity contribution in [1.82, 2.24) is 5.32 Å². The van der Waals surface area contributed by atoms with Crippen molar-refractivity contribution in [3.05, 3.63) is 29.6 Å². The number of terminal acetylenes is 1. The maximum atomic E-state index is 13.7. The Morgan fingerprint density at radius 2 is 2.24 bits per heavy atom. The highest BCUT2D eigenvalue weighted by molar-refractivity contribution is 5.30. The Balaban J connectivity index is 2.34. The fraction of sp³-hybridized carbons (Fsp3) is 0.429. The second kappa shape index (κ2) is 7.70. The van der Waals surface area contributed by atoms with Crippen molar-refractivity contribution >= 4 is 0 Å². The number of methoxy groups -OCH3 is 1. The normalized spacial score (nSPS) is 9.94. The first-order chi connectivity index (χ1) is 8.29. The summed E-state index contributed by atoms with van der Waals surface area (Å²) >= 11 is 0. The van der Waals surface area contributed by atoms with Gasteiger partial charge < -0.3 is 10.1 Å². The summed E-state index contributed by atoms with van der Waals surface area (Å²) in [4.78, 5) is 0. The highest BCUT2D eigenvalue weighted by Gasteiger charge is 2.06. The molecule has 0 bridgehead atoms. The quantitative estimate of drug-likeness (QED) is 0.579. The van der Waals surface area contributed by atoms with E-state index in [9.17, 15) is 4.39 Å². The Kier molecular flexibility index (Phi) is 6.13. The largest absolute Gasteiger partial charge is 0.494 e. The minimum absolute atomic E-state index is 0.286. The average molecular weight is 235 g/mol. The van der Waals surface area contributed by atoms with Crippen molar-refractivity contribution in [1.29, 1.82) is 0 Å². The summed E-state index contributed by atoms with van der Waals surface area (Å²) in [6.07, 6.45) is 7.97. The molecule has 1 rings (SSSR count). The molecule has 0 aliphatic heterocycles. The zero-order valence-corrected chi connectivity index (χ0v) is 10.1. The van der Waals surface area contributed by atoms with Crippen molar-refractivity contribution in [3.8, 4) is 18.1 Å². The van der Waals surface area contributed by atoms with Gasteiger partial charge >= 0.3 is 0 Å². The van der Waals surface area contributed by atoms with Gasteiger partial charge in [0.2, 0.25) is 0 Å². The lowest BCUT2D eigenvalue weighted by Crippen LogP contribution is -2.15. The third-order valence-corrected chi connectivity index (χ3v) is 2.50. The highest BCUT2D eigenvalue weighted by atomic mass is 19.1. The van der Waals surface area contributed by atoms with Gasteiger partial charge in [-0.05, 0) is 25.5 Å². The minimum atomic E-state index is -0.286. The molecule has 0 heterocycles. The Hall–Kier alpha value is -1.53. The molecule has 0 aliphatic rings. The van der Waals surface area contributed by atoms with E-state index >= 15 is 0 Å². The lowest BCUT2D eigenvalue weighted by molar-refractivity contribution is 0.383. The molecule has 92 valence electrons. The van der Waals surface area contributed by atoms with Crippen LogP contribution in [0.1, 0.15) is 24.8 Å². The number of rotatable bonds is 7. The van der Waals surface area contributed by atoms with Crippen molar-refractivity contribution in [2.24, 2.45) is 0 Å². The van der Waals surface area contributed by atoms with Crippen LogP contribution >= 0.6 is 0 Å². The van der Waals surface area contributed by atoms with Crippen LogP contribution in [0.2, 0.25) is 0 Å². The average Bonchev–Trinajstić information content (AvgIpc) is 2.35. The summed E-state index contributed by atoms with van der Waals surface area (Å²) < 4.78 is 18.6. The fourth-order valence-corrected chi connectivity index (χ4v) is 1.55. The van der Waals surface area contributed by atoms with Crippen molar-refractivity contribution in [2.75, 3.05) is 13.7 Å². The van der Waals surface area contributed by atoms with Crippen LogP contribution < -0.4 is 10.1 Å². The number of hydrogen-bond acceptors (Lipinski definition) is 2. The molecule has 1 aromatic rings. The molecule has 1 aromatic carbocycles. The molecule has 0 aromatic heterocycles. The Morgan fingerprint density at radius 3 is 2.94 bits per heavy atom. The maximum absolute atomic E-state index is 13.7. The second-order valence-corrected chi connectivity index (χ2v) is 3.77. The first-order valence-corrected chi connectivity index (χ1v) is 5.75. The van der Waals surface area contributed by atoms with E-state index in [4.69, 9.17) is 11.2 Å². The van der Waals surface area contributed by atoms with Gasteiger partial charge in [0.05, 0.1) is 7.11 Å². The van der Waals surface area contributed by atoms with Crippen molar-refractivity contribution in [3.63, 3.8) is 0 Å². The van der Waals surface area contributed by atoms with Gasteiger partial charge in [-0.15, -0.1) is 12.3 Å². The standard InChI is InChI=1S/C14H18FNO/c1-3-4-5-6-10-16-11-12-8-7-9-13(17-2)14(12)15/h1,7-9,16H,4-6,10-11H2,2H3.